The molecule has 0 fully saturated rings. The summed E-state index contributed by atoms with van der Waals surface area (Å²) in [4.78, 5) is 2.22. The predicted molar refractivity (Wildman–Crippen MR) is 94.9 cm³/mol. The van der Waals surface area contributed by atoms with Gasteiger partial charge < -0.3 is 14.7 Å². The van der Waals surface area contributed by atoms with Crippen LogP contribution in [-0.4, -0.2) is 30.9 Å². The van der Waals surface area contributed by atoms with E-state index < -0.39 is 6.10 Å². The monoisotopic (exact) mass is 351 g/mol. The van der Waals surface area contributed by atoms with Crippen LogP contribution in [0.15, 0.2) is 42.5 Å². The first-order valence-electron chi connectivity index (χ1n) is 7.72. The van der Waals surface area contributed by atoms with Crippen LogP contribution in [0.25, 0.3) is 0 Å². The van der Waals surface area contributed by atoms with Crippen molar-refractivity contribution in [3.05, 3.63) is 58.1 Å². The first-order valence-corrected chi connectivity index (χ1v) is 8.48. The third-order valence-electron chi connectivity index (χ3n) is 3.96. The maximum absolute atomic E-state index is 10.3. The average Bonchev–Trinajstić information content (AvgIpc) is 2.54. The molecule has 1 aliphatic heterocycles. The Balaban J connectivity index is 1.59. The van der Waals surface area contributed by atoms with Gasteiger partial charge in [-0.1, -0.05) is 41.4 Å². The lowest BCUT2D eigenvalue weighted by Crippen LogP contribution is -2.38. The van der Waals surface area contributed by atoms with Crippen LogP contribution in [0.4, 0.5) is 5.69 Å². The zero-order valence-electron chi connectivity index (χ0n) is 12.7. The Kier molecular flexibility index (Phi) is 5.31. The molecule has 0 bridgehead atoms. The molecule has 1 atom stereocenters. The van der Waals surface area contributed by atoms with Crippen molar-refractivity contribution in [3.63, 3.8) is 0 Å². The fourth-order valence-electron chi connectivity index (χ4n) is 2.89. The summed E-state index contributed by atoms with van der Waals surface area (Å²) in [7, 11) is 0. The van der Waals surface area contributed by atoms with Gasteiger partial charge in [-0.2, -0.15) is 0 Å². The third-order valence-corrected chi connectivity index (χ3v) is 4.49. The number of para-hydroxylation sites is 1. The number of rotatable bonds is 5. The molecule has 0 saturated carbocycles. The molecule has 122 valence electrons. The van der Waals surface area contributed by atoms with Gasteiger partial charge in [0.05, 0.1) is 5.02 Å². The Morgan fingerprint density at radius 1 is 1.17 bits per heavy atom. The first-order chi connectivity index (χ1) is 11.1. The van der Waals surface area contributed by atoms with Crippen molar-refractivity contribution in [1.29, 1.82) is 0 Å². The average molecular weight is 352 g/mol. The summed E-state index contributed by atoms with van der Waals surface area (Å²) in [5.74, 6) is 0.536. The van der Waals surface area contributed by atoms with Crippen LogP contribution in [0.2, 0.25) is 10.0 Å². The highest BCUT2D eigenvalue weighted by Crippen LogP contribution is 2.28. The van der Waals surface area contributed by atoms with Gasteiger partial charge in [-0.3, -0.25) is 0 Å². The highest BCUT2D eigenvalue weighted by Gasteiger charge is 2.19. The van der Waals surface area contributed by atoms with Crippen LogP contribution in [0.3, 0.4) is 0 Å². The summed E-state index contributed by atoms with van der Waals surface area (Å²) in [5, 5.41) is 11.3. The second-order valence-corrected chi connectivity index (χ2v) is 6.56. The Labute approximate surface area is 146 Å². The molecular formula is C18H19Cl2NO2. The van der Waals surface area contributed by atoms with E-state index in [4.69, 9.17) is 27.9 Å². The van der Waals surface area contributed by atoms with E-state index in [0.29, 0.717) is 22.3 Å². The van der Waals surface area contributed by atoms with E-state index in [0.717, 1.165) is 19.4 Å². The molecule has 0 saturated heterocycles. The maximum atomic E-state index is 10.3. The van der Waals surface area contributed by atoms with E-state index in [1.807, 2.05) is 6.07 Å². The molecule has 1 aliphatic rings. The van der Waals surface area contributed by atoms with E-state index in [-0.39, 0.29) is 6.61 Å². The molecule has 1 heterocycles. The van der Waals surface area contributed by atoms with Crippen molar-refractivity contribution in [1.82, 2.24) is 0 Å². The second-order valence-electron chi connectivity index (χ2n) is 5.72. The molecule has 1 N–H and O–H groups in total. The quantitative estimate of drug-likeness (QED) is 0.876. The molecule has 2 aromatic carbocycles. The van der Waals surface area contributed by atoms with E-state index in [1.54, 1.807) is 18.2 Å². The highest BCUT2D eigenvalue weighted by atomic mass is 35.5. The zero-order valence-corrected chi connectivity index (χ0v) is 14.2. The Morgan fingerprint density at radius 3 is 2.83 bits per heavy atom. The minimum absolute atomic E-state index is 0.194. The van der Waals surface area contributed by atoms with Crippen molar-refractivity contribution in [2.75, 3.05) is 24.6 Å². The van der Waals surface area contributed by atoms with Crippen molar-refractivity contribution in [2.24, 2.45) is 0 Å². The minimum atomic E-state index is -0.590. The van der Waals surface area contributed by atoms with Gasteiger partial charge in [-0.05, 0) is 42.7 Å². The SMILES string of the molecule is O[C@@H](COc1ccc(Cl)cc1Cl)CN1CCCc2ccccc21. The lowest BCUT2D eigenvalue weighted by molar-refractivity contribution is 0.112. The molecular weight excluding hydrogens is 333 g/mol. The largest absolute Gasteiger partial charge is 0.489 e. The van der Waals surface area contributed by atoms with Crippen LogP contribution in [0, 0.1) is 0 Å². The number of nitrogens with zero attached hydrogens (tertiary/aromatic N) is 1. The van der Waals surface area contributed by atoms with Crippen LogP contribution >= 0.6 is 23.2 Å². The van der Waals surface area contributed by atoms with Gasteiger partial charge in [0.15, 0.2) is 0 Å². The first kappa shape index (κ1) is 16.4. The highest BCUT2D eigenvalue weighted by molar-refractivity contribution is 6.35. The number of aliphatic hydroxyl groups excluding tert-OH is 1. The van der Waals surface area contributed by atoms with Crippen LogP contribution in [0.1, 0.15) is 12.0 Å². The minimum Gasteiger partial charge on any atom is -0.489 e. The number of benzene rings is 2. The summed E-state index contributed by atoms with van der Waals surface area (Å²) in [5.41, 5.74) is 2.55. The molecule has 2 aromatic rings. The molecule has 5 heteroatoms. The fourth-order valence-corrected chi connectivity index (χ4v) is 3.35. The Bertz CT molecular complexity index is 678. The number of hydrogen-bond acceptors (Lipinski definition) is 3. The van der Waals surface area contributed by atoms with Gasteiger partial charge >= 0.3 is 0 Å². The van der Waals surface area contributed by atoms with Gasteiger partial charge in [0.1, 0.15) is 18.5 Å². The molecule has 0 aromatic heterocycles. The second kappa shape index (κ2) is 7.43. The van der Waals surface area contributed by atoms with Crippen molar-refractivity contribution in [3.8, 4) is 5.75 Å². The van der Waals surface area contributed by atoms with Gasteiger partial charge in [0.2, 0.25) is 0 Å². The summed E-state index contributed by atoms with van der Waals surface area (Å²) in [6.45, 7) is 1.69. The normalized spacial score (nSPS) is 15.2. The van der Waals surface area contributed by atoms with Crippen LogP contribution in [0.5, 0.6) is 5.75 Å². The van der Waals surface area contributed by atoms with Crippen LogP contribution < -0.4 is 9.64 Å². The van der Waals surface area contributed by atoms with E-state index in [1.165, 1.54) is 11.3 Å². The maximum Gasteiger partial charge on any atom is 0.138 e. The molecule has 3 rings (SSSR count). The number of ether oxygens (including phenoxy) is 1. The Morgan fingerprint density at radius 2 is 2.00 bits per heavy atom. The van der Waals surface area contributed by atoms with Gasteiger partial charge in [0, 0.05) is 23.8 Å². The topological polar surface area (TPSA) is 32.7 Å². The molecule has 0 radical (unpaired) electrons. The third kappa shape index (κ3) is 4.11. The molecule has 0 amide bonds. The number of aliphatic hydroxyl groups is 1. The summed E-state index contributed by atoms with van der Waals surface area (Å²) in [6, 6.07) is 13.4. The number of halogens is 2. The van der Waals surface area contributed by atoms with E-state index in [2.05, 4.69) is 23.1 Å². The van der Waals surface area contributed by atoms with Gasteiger partial charge in [0.25, 0.3) is 0 Å². The van der Waals surface area contributed by atoms with E-state index >= 15 is 0 Å². The molecule has 0 spiro atoms. The number of aryl methyl sites for hydroxylation is 1. The summed E-state index contributed by atoms with van der Waals surface area (Å²) < 4.78 is 5.62. The summed E-state index contributed by atoms with van der Waals surface area (Å²) in [6.07, 6.45) is 1.61. The fraction of sp³-hybridized carbons (Fsp3) is 0.333. The molecule has 0 unspecified atom stereocenters. The smallest absolute Gasteiger partial charge is 0.138 e. The van der Waals surface area contributed by atoms with Crippen LogP contribution in [-0.2, 0) is 6.42 Å². The standard InChI is InChI=1S/C18H19Cl2NO2/c19-14-7-8-18(16(20)10-14)23-12-15(22)11-21-9-3-5-13-4-1-2-6-17(13)21/h1-2,4,6-8,10,15,22H,3,5,9,11-12H2/t15-/m1/s1. The number of fused-ring (bicyclic) bond motifs is 1. The predicted octanol–water partition coefficient (Wildman–Crippen LogP) is 4.19. The lowest BCUT2D eigenvalue weighted by Gasteiger charge is -2.32. The van der Waals surface area contributed by atoms with Gasteiger partial charge in [-0.25, -0.2) is 0 Å². The Hall–Kier alpha value is -1.42. The number of hydrogen-bond donors (Lipinski definition) is 1. The van der Waals surface area contributed by atoms with E-state index in [9.17, 15) is 5.11 Å². The molecule has 3 nitrogen and oxygen atoms in total. The van der Waals surface area contributed by atoms with Gasteiger partial charge in [-0.15, -0.1) is 0 Å². The number of β-amino-alcohol motifs (C(OH)–C–C–N with tert-alkyl or cyclic N) is 1. The molecule has 23 heavy (non-hydrogen) atoms. The number of anilines is 1. The lowest BCUT2D eigenvalue weighted by atomic mass is 10.0. The zero-order chi connectivity index (χ0) is 16.2. The van der Waals surface area contributed by atoms with Crippen molar-refractivity contribution < 1.29 is 9.84 Å². The molecule has 0 aliphatic carbocycles. The summed E-state index contributed by atoms with van der Waals surface area (Å²) >= 11 is 11.9. The van der Waals surface area contributed by atoms with Crippen molar-refractivity contribution in [2.45, 2.75) is 18.9 Å². The van der Waals surface area contributed by atoms with Crippen molar-refractivity contribution >= 4 is 28.9 Å².